The molecule has 0 saturated heterocycles. The van der Waals surface area contributed by atoms with Crippen LogP contribution in [0.2, 0.25) is 0 Å². The van der Waals surface area contributed by atoms with Crippen LogP contribution in [-0.4, -0.2) is 11.0 Å². The molecule has 1 heterocycles. The number of benzene rings is 1. The van der Waals surface area contributed by atoms with E-state index in [1.54, 1.807) is 6.20 Å². The molecule has 2 aromatic rings. The quantitative estimate of drug-likeness (QED) is 0.936. The lowest BCUT2D eigenvalue weighted by Gasteiger charge is -2.04. The molecular formula is C13H15BrN2O. The summed E-state index contributed by atoms with van der Waals surface area (Å²) >= 11 is 3.41. The third-order valence-corrected chi connectivity index (χ3v) is 2.87. The Morgan fingerprint density at radius 1 is 1.29 bits per heavy atom. The van der Waals surface area contributed by atoms with E-state index >= 15 is 0 Å². The van der Waals surface area contributed by atoms with Crippen molar-refractivity contribution >= 4 is 15.9 Å². The molecule has 0 bridgehead atoms. The summed E-state index contributed by atoms with van der Waals surface area (Å²) in [7, 11) is 0. The normalized spacial score (nSPS) is 11.1. The van der Waals surface area contributed by atoms with E-state index in [4.69, 9.17) is 4.42 Å². The number of halogens is 1. The highest BCUT2D eigenvalue weighted by atomic mass is 79.9. The maximum absolute atomic E-state index is 5.67. The van der Waals surface area contributed by atoms with Crippen LogP contribution in [0.25, 0.3) is 11.3 Å². The van der Waals surface area contributed by atoms with Crippen molar-refractivity contribution in [3.05, 3.63) is 40.8 Å². The lowest BCUT2D eigenvalue weighted by atomic mass is 10.2. The van der Waals surface area contributed by atoms with Gasteiger partial charge in [-0.2, -0.15) is 0 Å². The summed E-state index contributed by atoms with van der Waals surface area (Å²) in [6, 6.07) is 8.42. The Morgan fingerprint density at radius 2 is 2.00 bits per heavy atom. The Balaban J connectivity index is 2.10. The van der Waals surface area contributed by atoms with Crippen LogP contribution < -0.4 is 5.32 Å². The van der Waals surface area contributed by atoms with Crippen molar-refractivity contribution in [2.24, 2.45) is 0 Å². The summed E-state index contributed by atoms with van der Waals surface area (Å²) in [6.45, 7) is 4.85. The van der Waals surface area contributed by atoms with Crippen molar-refractivity contribution in [2.45, 2.75) is 26.4 Å². The van der Waals surface area contributed by atoms with E-state index in [2.05, 4.69) is 40.1 Å². The van der Waals surface area contributed by atoms with Crippen LogP contribution in [0.3, 0.4) is 0 Å². The van der Waals surface area contributed by atoms with E-state index < -0.39 is 0 Å². The van der Waals surface area contributed by atoms with Gasteiger partial charge >= 0.3 is 0 Å². The lowest BCUT2D eigenvalue weighted by molar-refractivity contribution is 0.459. The average molecular weight is 295 g/mol. The van der Waals surface area contributed by atoms with Crippen molar-refractivity contribution in [3.63, 3.8) is 0 Å². The molecule has 0 unspecified atom stereocenters. The molecule has 0 radical (unpaired) electrons. The predicted octanol–water partition coefficient (Wildman–Crippen LogP) is 3.60. The monoisotopic (exact) mass is 294 g/mol. The largest absolute Gasteiger partial charge is 0.439 e. The zero-order valence-corrected chi connectivity index (χ0v) is 11.5. The third-order valence-electron chi connectivity index (χ3n) is 2.34. The minimum Gasteiger partial charge on any atom is -0.439 e. The smallest absolute Gasteiger partial charge is 0.208 e. The Hall–Kier alpha value is -1.13. The van der Waals surface area contributed by atoms with Crippen LogP contribution >= 0.6 is 15.9 Å². The van der Waals surface area contributed by atoms with E-state index in [0.29, 0.717) is 12.6 Å². The molecule has 4 heteroatoms. The zero-order chi connectivity index (χ0) is 12.3. The fourth-order valence-corrected chi connectivity index (χ4v) is 1.70. The summed E-state index contributed by atoms with van der Waals surface area (Å²) in [5.41, 5.74) is 1.04. The number of aromatic nitrogens is 1. The Bertz CT molecular complexity index is 476. The van der Waals surface area contributed by atoms with E-state index in [1.165, 1.54) is 0 Å². The van der Waals surface area contributed by atoms with Gasteiger partial charge < -0.3 is 9.73 Å². The first kappa shape index (κ1) is 12.3. The summed E-state index contributed by atoms with van der Waals surface area (Å²) in [5, 5.41) is 3.27. The van der Waals surface area contributed by atoms with Crippen LogP contribution in [-0.2, 0) is 6.54 Å². The molecule has 0 aliphatic rings. The van der Waals surface area contributed by atoms with Gasteiger partial charge in [-0.05, 0) is 12.1 Å². The van der Waals surface area contributed by atoms with Gasteiger partial charge in [0.25, 0.3) is 0 Å². The third kappa shape index (κ3) is 3.41. The van der Waals surface area contributed by atoms with E-state index in [9.17, 15) is 0 Å². The van der Waals surface area contributed by atoms with Gasteiger partial charge in [0.15, 0.2) is 5.76 Å². The molecule has 0 saturated carbocycles. The highest BCUT2D eigenvalue weighted by molar-refractivity contribution is 9.10. The minimum absolute atomic E-state index is 0.429. The fourth-order valence-electron chi connectivity index (χ4n) is 1.43. The molecule has 2 rings (SSSR count). The summed E-state index contributed by atoms with van der Waals surface area (Å²) in [6.07, 6.45) is 1.76. The fraction of sp³-hybridized carbons (Fsp3) is 0.308. The first-order chi connectivity index (χ1) is 8.15. The van der Waals surface area contributed by atoms with Crippen molar-refractivity contribution < 1.29 is 4.42 Å². The van der Waals surface area contributed by atoms with E-state index in [0.717, 1.165) is 21.7 Å². The zero-order valence-electron chi connectivity index (χ0n) is 9.90. The summed E-state index contributed by atoms with van der Waals surface area (Å²) < 4.78 is 6.73. The van der Waals surface area contributed by atoms with Gasteiger partial charge in [0, 0.05) is 16.1 Å². The van der Waals surface area contributed by atoms with Gasteiger partial charge in [-0.3, -0.25) is 0 Å². The van der Waals surface area contributed by atoms with Crippen molar-refractivity contribution in [2.75, 3.05) is 0 Å². The second-order valence-corrected chi connectivity index (χ2v) is 5.08. The minimum atomic E-state index is 0.429. The highest BCUT2D eigenvalue weighted by Gasteiger charge is 2.06. The average Bonchev–Trinajstić information content (AvgIpc) is 2.76. The van der Waals surface area contributed by atoms with Gasteiger partial charge in [-0.1, -0.05) is 41.9 Å². The Morgan fingerprint density at radius 3 is 2.65 bits per heavy atom. The molecule has 0 amide bonds. The number of oxazole rings is 1. The Labute approximate surface area is 109 Å². The number of rotatable bonds is 4. The highest BCUT2D eigenvalue weighted by Crippen LogP contribution is 2.22. The Kier molecular flexibility index (Phi) is 3.97. The molecule has 1 aromatic heterocycles. The number of hydrogen-bond acceptors (Lipinski definition) is 3. The number of nitrogens with zero attached hydrogens (tertiary/aromatic N) is 1. The van der Waals surface area contributed by atoms with Crippen molar-refractivity contribution in [3.8, 4) is 11.3 Å². The first-order valence-corrected chi connectivity index (χ1v) is 6.38. The molecule has 0 fully saturated rings. The molecular weight excluding hydrogens is 280 g/mol. The number of nitrogens with one attached hydrogen (secondary N) is 1. The van der Waals surface area contributed by atoms with Crippen molar-refractivity contribution in [1.29, 1.82) is 0 Å². The molecule has 0 atom stereocenters. The molecule has 90 valence electrons. The second kappa shape index (κ2) is 5.47. The van der Waals surface area contributed by atoms with Crippen LogP contribution in [0.1, 0.15) is 19.7 Å². The van der Waals surface area contributed by atoms with Gasteiger partial charge in [-0.15, -0.1) is 0 Å². The molecule has 0 spiro atoms. The van der Waals surface area contributed by atoms with Crippen LogP contribution in [0.4, 0.5) is 0 Å². The first-order valence-electron chi connectivity index (χ1n) is 5.59. The predicted molar refractivity (Wildman–Crippen MR) is 71.6 cm³/mol. The SMILES string of the molecule is CC(C)NCc1ncc(-c2ccc(Br)cc2)o1. The molecule has 17 heavy (non-hydrogen) atoms. The van der Waals surface area contributed by atoms with Crippen LogP contribution in [0.15, 0.2) is 39.4 Å². The second-order valence-electron chi connectivity index (χ2n) is 4.16. The lowest BCUT2D eigenvalue weighted by Crippen LogP contribution is -2.21. The molecule has 0 aliphatic carbocycles. The van der Waals surface area contributed by atoms with Gasteiger partial charge in [-0.25, -0.2) is 4.98 Å². The number of hydrogen-bond donors (Lipinski definition) is 1. The van der Waals surface area contributed by atoms with Gasteiger partial charge in [0.05, 0.1) is 12.7 Å². The maximum atomic E-state index is 5.67. The summed E-state index contributed by atoms with van der Waals surface area (Å²) in [5.74, 6) is 1.52. The standard InChI is InChI=1S/C13H15BrN2O/c1-9(2)15-8-13-16-7-12(17-13)10-3-5-11(14)6-4-10/h3-7,9,15H,8H2,1-2H3. The van der Waals surface area contributed by atoms with E-state index in [1.807, 2.05) is 24.3 Å². The maximum Gasteiger partial charge on any atom is 0.208 e. The topological polar surface area (TPSA) is 38.1 Å². The van der Waals surface area contributed by atoms with Crippen molar-refractivity contribution in [1.82, 2.24) is 10.3 Å². The molecule has 3 nitrogen and oxygen atoms in total. The van der Waals surface area contributed by atoms with E-state index in [-0.39, 0.29) is 0 Å². The van der Waals surface area contributed by atoms with Crippen LogP contribution in [0, 0.1) is 0 Å². The van der Waals surface area contributed by atoms with Gasteiger partial charge in [0.2, 0.25) is 5.89 Å². The summed E-state index contributed by atoms with van der Waals surface area (Å²) in [4.78, 5) is 4.25. The molecule has 1 aromatic carbocycles. The van der Waals surface area contributed by atoms with Gasteiger partial charge in [0.1, 0.15) is 0 Å². The molecule has 0 aliphatic heterocycles. The molecule has 1 N–H and O–H groups in total. The van der Waals surface area contributed by atoms with Crippen LogP contribution in [0.5, 0.6) is 0 Å².